The van der Waals surface area contributed by atoms with Gasteiger partial charge in [0.25, 0.3) is 5.69 Å². The quantitative estimate of drug-likeness (QED) is 0.449. The van der Waals surface area contributed by atoms with Crippen LogP contribution in [0.25, 0.3) is 11.4 Å². The van der Waals surface area contributed by atoms with Crippen molar-refractivity contribution in [1.29, 1.82) is 0 Å². The Balaban J connectivity index is 1.85. The zero-order valence-corrected chi connectivity index (χ0v) is 17.7. The molecule has 1 aliphatic rings. The van der Waals surface area contributed by atoms with E-state index in [0.29, 0.717) is 21.5 Å². The number of hydrogen-bond donors (Lipinski definition) is 0. The van der Waals surface area contributed by atoms with Crippen LogP contribution in [0.15, 0.2) is 58.7 Å². The predicted octanol–water partition coefficient (Wildman–Crippen LogP) is 4.25. The molecule has 9 nitrogen and oxygen atoms in total. The highest BCUT2D eigenvalue weighted by Crippen LogP contribution is 2.40. The van der Waals surface area contributed by atoms with Crippen molar-refractivity contribution in [2.45, 2.75) is 25.8 Å². The second-order valence-electron chi connectivity index (χ2n) is 6.93. The van der Waals surface area contributed by atoms with Gasteiger partial charge < -0.3 is 0 Å². The standard InChI is InChI=1S/C21H17N5O4S/c1-12-4-6-15(7-5-12)18-22-19-21(24(18)13(2)27)31-20(23-25(19)14(3)28)16-8-10-17(11-9-16)26(29)30/h4-11H,1-3H3. The molecule has 0 atom stereocenters. The van der Waals surface area contributed by atoms with Crippen molar-refractivity contribution < 1.29 is 14.5 Å². The van der Waals surface area contributed by atoms with Gasteiger partial charge in [-0.15, -0.1) is 0 Å². The molecule has 0 aliphatic carbocycles. The van der Waals surface area contributed by atoms with Crippen LogP contribution in [0, 0.1) is 17.0 Å². The van der Waals surface area contributed by atoms with E-state index in [1.165, 1.54) is 42.3 Å². The largest absolute Gasteiger partial charge is 0.274 e. The van der Waals surface area contributed by atoms with Gasteiger partial charge in [0.15, 0.2) is 5.82 Å². The van der Waals surface area contributed by atoms with Crippen LogP contribution in [0.2, 0.25) is 0 Å². The highest BCUT2D eigenvalue weighted by atomic mass is 32.2. The number of carbonyl (C=O) groups is 2. The third kappa shape index (κ3) is 3.73. The first-order valence-electron chi connectivity index (χ1n) is 9.29. The molecule has 0 N–H and O–H groups in total. The Bertz CT molecular complexity index is 1250. The molecule has 2 heterocycles. The first-order chi connectivity index (χ1) is 14.8. The van der Waals surface area contributed by atoms with Crippen molar-refractivity contribution in [2.75, 3.05) is 5.01 Å². The summed E-state index contributed by atoms with van der Waals surface area (Å²) in [4.78, 5) is 39.9. The molecule has 1 aliphatic heterocycles. The zero-order valence-electron chi connectivity index (χ0n) is 16.9. The predicted molar refractivity (Wildman–Crippen MR) is 117 cm³/mol. The molecular formula is C21H17N5O4S. The summed E-state index contributed by atoms with van der Waals surface area (Å²) < 4.78 is 1.46. The Morgan fingerprint density at radius 1 is 0.968 bits per heavy atom. The highest BCUT2D eigenvalue weighted by molar-refractivity contribution is 8.14. The van der Waals surface area contributed by atoms with E-state index in [1.54, 1.807) is 12.1 Å². The number of nitro benzene ring substituents is 1. The van der Waals surface area contributed by atoms with Crippen molar-refractivity contribution in [3.8, 4) is 11.4 Å². The third-order valence-electron chi connectivity index (χ3n) is 4.65. The lowest BCUT2D eigenvalue weighted by Crippen LogP contribution is -2.28. The van der Waals surface area contributed by atoms with Crippen molar-refractivity contribution in [3.63, 3.8) is 0 Å². The monoisotopic (exact) mass is 435 g/mol. The van der Waals surface area contributed by atoms with Crippen LogP contribution in [0.5, 0.6) is 0 Å². The zero-order chi connectivity index (χ0) is 22.3. The van der Waals surface area contributed by atoms with Crippen LogP contribution >= 0.6 is 11.8 Å². The summed E-state index contributed by atoms with van der Waals surface area (Å²) >= 11 is 1.18. The van der Waals surface area contributed by atoms with E-state index in [2.05, 4.69) is 10.1 Å². The molecule has 3 aromatic rings. The fourth-order valence-corrected chi connectivity index (χ4v) is 4.21. The number of aryl methyl sites for hydroxylation is 1. The fraction of sp³-hybridized carbons (Fsp3) is 0.143. The minimum atomic E-state index is -0.488. The Kier molecular flexibility index (Phi) is 5.15. The van der Waals surface area contributed by atoms with E-state index in [1.807, 2.05) is 31.2 Å². The van der Waals surface area contributed by atoms with Gasteiger partial charge in [-0.1, -0.05) is 29.8 Å². The minimum Gasteiger partial charge on any atom is -0.274 e. The van der Waals surface area contributed by atoms with Gasteiger partial charge >= 0.3 is 0 Å². The smallest absolute Gasteiger partial charge is 0.269 e. The molecule has 1 amide bonds. The number of non-ortho nitro benzene ring substituents is 1. The van der Waals surface area contributed by atoms with Crippen molar-refractivity contribution >= 4 is 40.1 Å². The minimum absolute atomic E-state index is 0.0512. The number of benzene rings is 2. The van der Waals surface area contributed by atoms with Crippen LogP contribution < -0.4 is 5.01 Å². The fourth-order valence-electron chi connectivity index (χ4n) is 3.12. The summed E-state index contributed by atoms with van der Waals surface area (Å²) in [5, 5.41) is 17.4. The normalized spacial score (nSPS) is 12.9. The maximum Gasteiger partial charge on any atom is 0.269 e. The van der Waals surface area contributed by atoms with Gasteiger partial charge in [0, 0.05) is 37.1 Å². The van der Waals surface area contributed by atoms with Gasteiger partial charge in [-0.3, -0.25) is 24.3 Å². The molecule has 0 saturated carbocycles. The number of imidazole rings is 1. The molecule has 2 aromatic carbocycles. The van der Waals surface area contributed by atoms with Crippen molar-refractivity contribution in [2.24, 2.45) is 5.10 Å². The van der Waals surface area contributed by atoms with Crippen molar-refractivity contribution in [3.05, 3.63) is 69.8 Å². The Morgan fingerprint density at radius 3 is 2.13 bits per heavy atom. The molecule has 0 saturated heterocycles. The van der Waals surface area contributed by atoms with Crippen molar-refractivity contribution in [1.82, 2.24) is 9.55 Å². The van der Waals surface area contributed by atoms with E-state index in [9.17, 15) is 19.7 Å². The number of amides is 1. The first kappa shape index (κ1) is 20.5. The number of rotatable bonds is 3. The van der Waals surface area contributed by atoms with Crippen LogP contribution in [-0.2, 0) is 4.79 Å². The molecule has 31 heavy (non-hydrogen) atoms. The van der Waals surface area contributed by atoms with E-state index < -0.39 is 4.92 Å². The summed E-state index contributed by atoms with van der Waals surface area (Å²) in [5.41, 5.74) is 2.33. The molecule has 1 aromatic heterocycles. The lowest BCUT2D eigenvalue weighted by atomic mass is 10.1. The number of anilines is 1. The molecule has 4 rings (SSSR count). The van der Waals surface area contributed by atoms with Crippen LogP contribution in [0.1, 0.15) is 29.8 Å². The molecule has 0 fully saturated rings. The molecular weight excluding hydrogens is 418 g/mol. The van der Waals surface area contributed by atoms with E-state index in [0.717, 1.165) is 16.1 Å². The van der Waals surface area contributed by atoms with Gasteiger partial charge in [-0.05, 0) is 30.8 Å². The number of hydrazone groups is 1. The number of nitrogens with zero attached hydrogens (tertiary/aromatic N) is 5. The Labute approximate surface area is 181 Å². The average molecular weight is 435 g/mol. The summed E-state index contributed by atoms with van der Waals surface area (Å²) in [6, 6.07) is 13.4. The number of carbonyl (C=O) groups excluding carboxylic acids is 2. The van der Waals surface area contributed by atoms with Gasteiger partial charge in [0.05, 0.1) is 4.92 Å². The summed E-state index contributed by atoms with van der Waals surface area (Å²) in [7, 11) is 0. The Hall–Kier alpha value is -3.79. The van der Waals surface area contributed by atoms with Crippen LogP contribution in [-0.4, -0.2) is 31.3 Å². The van der Waals surface area contributed by atoms with E-state index >= 15 is 0 Å². The molecule has 0 bridgehead atoms. The molecule has 0 unspecified atom stereocenters. The van der Waals surface area contributed by atoms with E-state index in [-0.39, 0.29) is 23.3 Å². The number of aromatic nitrogens is 2. The average Bonchev–Trinajstić information content (AvgIpc) is 3.13. The topological polar surface area (TPSA) is 111 Å². The molecule has 10 heteroatoms. The van der Waals surface area contributed by atoms with Gasteiger partial charge in [0.2, 0.25) is 11.8 Å². The number of thioether (sulfide) groups is 1. The van der Waals surface area contributed by atoms with Gasteiger partial charge in [-0.25, -0.2) is 4.98 Å². The third-order valence-corrected chi connectivity index (χ3v) is 5.72. The molecule has 156 valence electrons. The second kappa shape index (κ2) is 7.80. The summed E-state index contributed by atoms with van der Waals surface area (Å²) in [5.74, 6) is 0.0558. The summed E-state index contributed by atoms with van der Waals surface area (Å²) in [6.07, 6.45) is 0. The number of nitro groups is 1. The van der Waals surface area contributed by atoms with E-state index in [4.69, 9.17) is 0 Å². The molecule has 0 radical (unpaired) electrons. The molecule has 0 spiro atoms. The van der Waals surface area contributed by atoms with Gasteiger partial charge in [-0.2, -0.15) is 10.1 Å². The SMILES string of the molecule is CC(=O)N1N=C(c2ccc([N+](=O)[O-])cc2)Sc2c1nc(-c1ccc(C)cc1)n2C(C)=O. The Morgan fingerprint density at radius 2 is 1.58 bits per heavy atom. The van der Waals surface area contributed by atoms with Crippen LogP contribution in [0.4, 0.5) is 11.5 Å². The maximum atomic E-state index is 12.6. The number of fused-ring (bicyclic) bond motifs is 1. The van der Waals surface area contributed by atoms with Gasteiger partial charge in [0.1, 0.15) is 15.9 Å². The lowest BCUT2D eigenvalue weighted by molar-refractivity contribution is -0.384. The highest BCUT2D eigenvalue weighted by Gasteiger charge is 2.32. The number of hydrogen-bond acceptors (Lipinski definition) is 7. The lowest BCUT2D eigenvalue weighted by Gasteiger charge is -2.21. The van der Waals surface area contributed by atoms with Crippen LogP contribution in [0.3, 0.4) is 0 Å². The summed E-state index contributed by atoms with van der Waals surface area (Å²) in [6.45, 7) is 4.74. The first-order valence-corrected chi connectivity index (χ1v) is 10.1. The second-order valence-corrected chi connectivity index (χ2v) is 7.90. The maximum absolute atomic E-state index is 12.6.